The van der Waals surface area contributed by atoms with Gasteiger partial charge in [0.05, 0.1) is 23.3 Å². The van der Waals surface area contributed by atoms with E-state index < -0.39 is 0 Å². The summed E-state index contributed by atoms with van der Waals surface area (Å²) in [5.74, 6) is 0.987. The van der Waals surface area contributed by atoms with Crippen LogP contribution in [0.15, 0.2) is 36.7 Å². The average Bonchev–Trinajstić information content (AvgIpc) is 2.93. The molecule has 1 aromatic carbocycles. The second-order valence-electron chi connectivity index (χ2n) is 4.34. The highest BCUT2D eigenvalue weighted by Gasteiger charge is 2.11. The first-order chi connectivity index (χ1) is 9.24. The summed E-state index contributed by atoms with van der Waals surface area (Å²) in [4.78, 5) is 8.83. The quantitative estimate of drug-likeness (QED) is 0.665. The Hall–Kier alpha value is -2.63. The summed E-state index contributed by atoms with van der Waals surface area (Å²) in [6.45, 7) is 2.02. The van der Waals surface area contributed by atoms with E-state index in [0.717, 1.165) is 16.6 Å². The fourth-order valence-corrected chi connectivity index (χ4v) is 1.91. The van der Waals surface area contributed by atoms with Gasteiger partial charge in [-0.3, -0.25) is 5.10 Å². The molecule has 0 spiro atoms. The third-order valence-electron chi connectivity index (χ3n) is 2.97. The number of para-hydroxylation sites is 2. The lowest BCUT2D eigenvalue weighted by molar-refractivity contribution is 0.877. The Bertz CT molecular complexity index is 691. The molecule has 19 heavy (non-hydrogen) atoms. The maximum Gasteiger partial charge on any atom is 0.170 e. The molecule has 0 saturated carbocycles. The smallest absolute Gasteiger partial charge is 0.170 e. The van der Waals surface area contributed by atoms with Crippen molar-refractivity contribution >= 4 is 22.7 Å². The van der Waals surface area contributed by atoms with Gasteiger partial charge in [-0.1, -0.05) is 12.1 Å². The molecule has 1 atom stereocenters. The van der Waals surface area contributed by atoms with Gasteiger partial charge in [0.15, 0.2) is 11.6 Å². The molecule has 96 valence electrons. The predicted molar refractivity (Wildman–Crippen MR) is 74.6 cm³/mol. The zero-order valence-electron chi connectivity index (χ0n) is 10.5. The minimum Gasteiger partial charge on any atom is -0.381 e. The fourth-order valence-electron chi connectivity index (χ4n) is 1.91. The van der Waals surface area contributed by atoms with Gasteiger partial charge in [-0.05, 0) is 19.1 Å². The van der Waals surface area contributed by atoms with Crippen molar-refractivity contribution in [1.29, 1.82) is 0 Å². The molecule has 0 radical (unpaired) electrons. The minimum atomic E-state index is 0.0523. The first-order valence-electron chi connectivity index (χ1n) is 6.01. The molecule has 2 aromatic heterocycles. The largest absolute Gasteiger partial charge is 0.381 e. The third-order valence-corrected chi connectivity index (χ3v) is 2.97. The molecule has 1 unspecified atom stereocenters. The number of H-pyrrole nitrogens is 1. The van der Waals surface area contributed by atoms with Crippen LogP contribution in [0.2, 0.25) is 0 Å². The number of anilines is 2. The van der Waals surface area contributed by atoms with Crippen LogP contribution in [0.3, 0.4) is 0 Å². The van der Waals surface area contributed by atoms with Crippen LogP contribution in [0.25, 0.3) is 11.0 Å². The molecule has 3 aromatic rings. The van der Waals surface area contributed by atoms with Crippen molar-refractivity contribution in [3.63, 3.8) is 0 Å². The van der Waals surface area contributed by atoms with Gasteiger partial charge in [-0.25, -0.2) is 9.97 Å². The Morgan fingerprint density at radius 1 is 1.21 bits per heavy atom. The van der Waals surface area contributed by atoms with Gasteiger partial charge in [0, 0.05) is 11.8 Å². The van der Waals surface area contributed by atoms with E-state index in [4.69, 9.17) is 5.73 Å². The summed E-state index contributed by atoms with van der Waals surface area (Å²) in [6.07, 6.45) is 3.60. The monoisotopic (exact) mass is 254 g/mol. The average molecular weight is 254 g/mol. The van der Waals surface area contributed by atoms with Crippen molar-refractivity contribution in [2.75, 3.05) is 11.1 Å². The van der Waals surface area contributed by atoms with Crippen molar-refractivity contribution in [3.05, 3.63) is 42.2 Å². The summed E-state index contributed by atoms with van der Waals surface area (Å²) in [5.41, 5.74) is 8.58. The van der Waals surface area contributed by atoms with Crippen molar-refractivity contribution in [2.45, 2.75) is 13.0 Å². The van der Waals surface area contributed by atoms with Gasteiger partial charge in [0.2, 0.25) is 0 Å². The van der Waals surface area contributed by atoms with Crippen LogP contribution >= 0.6 is 0 Å². The van der Waals surface area contributed by atoms with E-state index in [2.05, 4.69) is 25.5 Å². The Morgan fingerprint density at radius 2 is 1.95 bits per heavy atom. The molecule has 0 bridgehead atoms. The molecule has 0 amide bonds. The Kier molecular flexibility index (Phi) is 2.75. The molecule has 0 saturated heterocycles. The van der Waals surface area contributed by atoms with Crippen LogP contribution in [0, 0.1) is 0 Å². The number of nitrogen functional groups attached to an aromatic ring is 1. The molecule has 6 heteroatoms. The first kappa shape index (κ1) is 11.5. The highest BCUT2D eigenvalue weighted by molar-refractivity contribution is 5.79. The SMILES string of the molecule is CC(Nc1nc2ccccc2nc1N)c1cn[nH]c1. The highest BCUT2D eigenvalue weighted by atomic mass is 15.1. The Balaban J connectivity index is 1.94. The summed E-state index contributed by atoms with van der Waals surface area (Å²) in [5, 5.41) is 9.95. The van der Waals surface area contributed by atoms with Gasteiger partial charge < -0.3 is 11.1 Å². The highest BCUT2D eigenvalue weighted by Crippen LogP contribution is 2.22. The van der Waals surface area contributed by atoms with Gasteiger partial charge >= 0.3 is 0 Å². The number of aromatic amines is 1. The number of hydrogen-bond acceptors (Lipinski definition) is 5. The lowest BCUT2D eigenvalue weighted by Gasteiger charge is -2.14. The lowest BCUT2D eigenvalue weighted by Crippen LogP contribution is -2.10. The van der Waals surface area contributed by atoms with Crippen LogP contribution in [0.1, 0.15) is 18.5 Å². The summed E-state index contributed by atoms with van der Waals surface area (Å²) >= 11 is 0. The van der Waals surface area contributed by atoms with E-state index in [1.165, 1.54) is 0 Å². The van der Waals surface area contributed by atoms with Crippen LogP contribution < -0.4 is 11.1 Å². The maximum absolute atomic E-state index is 5.93. The van der Waals surface area contributed by atoms with Crippen molar-refractivity contribution in [2.24, 2.45) is 0 Å². The maximum atomic E-state index is 5.93. The minimum absolute atomic E-state index is 0.0523. The number of nitrogens with one attached hydrogen (secondary N) is 2. The zero-order chi connectivity index (χ0) is 13.2. The van der Waals surface area contributed by atoms with Gasteiger partial charge in [0.25, 0.3) is 0 Å². The predicted octanol–water partition coefficient (Wildman–Crippen LogP) is 2.11. The zero-order valence-corrected chi connectivity index (χ0v) is 10.5. The molecule has 0 aliphatic rings. The molecular weight excluding hydrogens is 240 g/mol. The molecule has 3 rings (SSSR count). The number of nitrogens with two attached hydrogens (primary N) is 1. The number of benzene rings is 1. The molecule has 0 aliphatic carbocycles. The van der Waals surface area contributed by atoms with E-state index in [1.54, 1.807) is 6.20 Å². The van der Waals surface area contributed by atoms with Gasteiger partial charge in [-0.2, -0.15) is 5.10 Å². The van der Waals surface area contributed by atoms with Crippen LogP contribution in [0.4, 0.5) is 11.6 Å². The number of nitrogens with zero attached hydrogens (tertiary/aromatic N) is 3. The molecule has 6 nitrogen and oxygen atoms in total. The van der Waals surface area contributed by atoms with E-state index >= 15 is 0 Å². The normalized spacial score (nSPS) is 12.5. The van der Waals surface area contributed by atoms with Crippen molar-refractivity contribution < 1.29 is 0 Å². The van der Waals surface area contributed by atoms with E-state index in [-0.39, 0.29) is 6.04 Å². The standard InChI is InChI=1S/C13H14N6/c1-8(9-6-15-16-7-9)17-13-12(14)18-10-4-2-3-5-11(10)19-13/h2-8H,1H3,(H2,14,18)(H,15,16)(H,17,19). The number of hydrogen-bond donors (Lipinski definition) is 3. The number of aromatic nitrogens is 4. The van der Waals surface area contributed by atoms with Crippen LogP contribution in [0.5, 0.6) is 0 Å². The fraction of sp³-hybridized carbons (Fsp3) is 0.154. The number of rotatable bonds is 3. The number of fused-ring (bicyclic) bond motifs is 1. The second-order valence-corrected chi connectivity index (χ2v) is 4.34. The summed E-state index contributed by atoms with van der Waals surface area (Å²) in [6, 6.07) is 7.70. The van der Waals surface area contributed by atoms with Gasteiger partial charge in [-0.15, -0.1) is 0 Å². The summed E-state index contributed by atoms with van der Waals surface area (Å²) < 4.78 is 0. The molecule has 2 heterocycles. The summed E-state index contributed by atoms with van der Waals surface area (Å²) in [7, 11) is 0. The molecular formula is C13H14N6. The van der Waals surface area contributed by atoms with Crippen LogP contribution in [-0.2, 0) is 0 Å². The molecule has 0 fully saturated rings. The lowest BCUT2D eigenvalue weighted by atomic mass is 10.2. The van der Waals surface area contributed by atoms with Crippen molar-refractivity contribution in [1.82, 2.24) is 20.2 Å². The first-order valence-corrected chi connectivity index (χ1v) is 6.01. The topological polar surface area (TPSA) is 92.5 Å². The third kappa shape index (κ3) is 2.20. The van der Waals surface area contributed by atoms with E-state index in [1.807, 2.05) is 37.4 Å². The molecule has 4 N–H and O–H groups in total. The van der Waals surface area contributed by atoms with Crippen molar-refractivity contribution in [3.8, 4) is 0 Å². The Labute approximate surface area is 110 Å². The van der Waals surface area contributed by atoms with E-state index in [9.17, 15) is 0 Å². The Morgan fingerprint density at radius 3 is 2.63 bits per heavy atom. The van der Waals surface area contributed by atoms with Crippen LogP contribution in [-0.4, -0.2) is 20.2 Å². The van der Waals surface area contributed by atoms with Gasteiger partial charge in [0.1, 0.15) is 0 Å². The second kappa shape index (κ2) is 4.56. The van der Waals surface area contributed by atoms with E-state index in [0.29, 0.717) is 11.6 Å². The molecule has 0 aliphatic heterocycles.